The van der Waals surface area contributed by atoms with Crippen molar-refractivity contribution in [3.05, 3.63) is 41.8 Å². The minimum atomic E-state index is -0.109. The molecule has 2 rings (SSSR count). The van der Waals surface area contributed by atoms with E-state index in [2.05, 4.69) is 4.98 Å². The number of hydrogen-bond donors (Lipinski definition) is 0. The molecule has 0 saturated heterocycles. The van der Waals surface area contributed by atoms with Gasteiger partial charge >= 0.3 is 0 Å². The highest BCUT2D eigenvalue weighted by Crippen LogP contribution is 2.22. The van der Waals surface area contributed by atoms with Crippen molar-refractivity contribution in [2.24, 2.45) is 0 Å². The molecule has 3 heteroatoms. The number of carbonyl (C=O) groups is 1. The standard InChI is InChI=1S/C12H11NO2/c1-8-5-3-4-6-10(8)12-13-7-11(15-12)9(2)14/h3-7H,1-2H3. The Morgan fingerprint density at radius 1 is 1.33 bits per heavy atom. The molecule has 15 heavy (non-hydrogen) atoms. The van der Waals surface area contributed by atoms with Crippen molar-refractivity contribution < 1.29 is 9.21 Å². The SMILES string of the molecule is CC(=O)c1cnc(-c2ccccc2C)o1. The molecular formula is C12H11NO2. The Hall–Kier alpha value is -1.90. The Morgan fingerprint density at radius 3 is 2.67 bits per heavy atom. The zero-order valence-corrected chi connectivity index (χ0v) is 8.65. The third-order valence-corrected chi connectivity index (χ3v) is 2.23. The van der Waals surface area contributed by atoms with E-state index in [1.54, 1.807) is 0 Å². The van der Waals surface area contributed by atoms with Crippen LogP contribution in [0.5, 0.6) is 0 Å². The first kappa shape index (κ1) is 9.65. The highest BCUT2D eigenvalue weighted by Gasteiger charge is 2.10. The number of benzene rings is 1. The van der Waals surface area contributed by atoms with Crippen LogP contribution in [0.3, 0.4) is 0 Å². The minimum absolute atomic E-state index is 0.109. The summed E-state index contributed by atoms with van der Waals surface area (Å²) in [4.78, 5) is 15.1. The van der Waals surface area contributed by atoms with Crippen LogP contribution in [-0.2, 0) is 0 Å². The van der Waals surface area contributed by atoms with Gasteiger partial charge < -0.3 is 4.42 Å². The van der Waals surface area contributed by atoms with E-state index in [0.29, 0.717) is 11.7 Å². The molecule has 0 aliphatic rings. The summed E-state index contributed by atoms with van der Waals surface area (Å²) < 4.78 is 5.35. The molecule has 1 aromatic heterocycles. The maximum atomic E-state index is 11.0. The molecule has 0 spiro atoms. The largest absolute Gasteiger partial charge is 0.433 e. The molecule has 0 fully saturated rings. The van der Waals surface area contributed by atoms with Crippen LogP contribution in [0.25, 0.3) is 11.5 Å². The van der Waals surface area contributed by atoms with E-state index in [1.165, 1.54) is 13.1 Å². The molecule has 1 aromatic carbocycles. The predicted molar refractivity (Wildman–Crippen MR) is 56.7 cm³/mol. The number of Topliss-reactive ketones (excluding diaryl/α,β-unsaturated/α-hetero) is 1. The molecule has 1 heterocycles. The molecule has 0 N–H and O–H groups in total. The van der Waals surface area contributed by atoms with E-state index >= 15 is 0 Å². The van der Waals surface area contributed by atoms with Gasteiger partial charge in [0.1, 0.15) is 0 Å². The van der Waals surface area contributed by atoms with Gasteiger partial charge in [-0.05, 0) is 18.6 Å². The fourth-order valence-electron chi connectivity index (χ4n) is 1.37. The van der Waals surface area contributed by atoms with Crippen molar-refractivity contribution in [3.8, 4) is 11.5 Å². The second kappa shape index (κ2) is 3.69. The van der Waals surface area contributed by atoms with Crippen LogP contribution in [-0.4, -0.2) is 10.8 Å². The van der Waals surface area contributed by atoms with Crippen molar-refractivity contribution >= 4 is 5.78 Å². The molecule has 0 amide bonds. The molecule has 0 atom stereocenters. The van der Waals surface area contributed by atoms with Gasteiger partial charge in [0.25, 0.3) is 0 Å². The first-order chi connectivity index (χ1) is 7.18. The first-order valence-electron chi connectivity index (χ1n) is 4.71. The van der Waals surface area contributed by atoms with Crippen LogP contribution in [0, 0.1) is 6.92 Å². The average Bonchev–Trinajstić information content (AvgIpc) is 2.67. The van der Waals surface area contributed by atoms with Crippen LogP contribution in [0.2, 0.25) is 0 Å². The van der Waals surface area contributed by atoms with E-state index in [9.17, 15) is 4.79 Å². The Kier molecular flexibility index (Phi) is 2.37. The molecule has 0 aliphatic heterocycles. The zero-order valence-electron chi connectivity index (χ0n) is 8.65. The molecule has 0 saturated carbocycles. The lowest BCUT2D eigenvalue weighted by molar-refractivity contribution is 0.0988. The summed E-state index contributed by atoms with van der Waals surface area (Å²) in [7, 11) is 0. The van der Waals surface area contributed by atoms with E-state index in [1.807, 2.05) is 31.2 Å². The van der Waals surface area contributed by atoms with Gasteiger partial charge in [-0.15, -0.1) is 0 Å². The number of nitrogens with zero attached hydrogens (tertiary/aromatic N) is 1. The van der Waals surface area contributed by atoms with Crippen molar-refractivity contribution in [2.45, 2.75) is 13.8 Å². The number of ketones is 1. The van der Waals surface area contributed by atoms with Gasteiger partial charge in [-0.25, -0.2) is 4.98 Å². The van der Waals surface area contributed by atoms with Gasteiger partial charge in [0.05, 0.1) is 6.20 Å². The maximum absolute atomic E-state index is 11.0. The molecule has 0 radical (unpaired) electrons. The van der Waals surface area contributed by atoms with Crippen LogP contribution in [0.1, 0.15) is 23.0 Å². The molecular weight excluding hydrogens is 190 g/mol. The monoisotopic (exact) mass is 201 g/mol. The summed E-state index contributed by atoms with van der Waals surface area (Å²) >= 11 is 0. The van der Waals surface area contributed by atoms with E-state index in [-0.39, 0.29) is 5.78 Å². The fraction of sp³-hybridized carbons (Fsp3) is 0.167. The van der Waals surface area contributed by atoms with Gasteiger partial charge in [-0.1, -0.05) is 18.2 Å². The Morgan fingerprint density at radius 2 is 2.07 bits per heavy atom. The Bertz CT molecular complexity index is 500. The number of aryl methyl sites for hydroxylation is 1. The lowest BCUT2D eigenvalue weighted by Gasteiger charge is -1.99. The van der Waals surface area contributed by atoms with Crippen LogP contribution >= 0.6 is 0 Å². The quantitative estimate of drug-likeness (QED) is 0.701. The van der Waals surface area contributed by atoms with Crippen molar-refractivity contribution in [2.75, 3.05) is 0 Å². The van der Waals surface area contributed by atoms with Gasteiger partial charge in [0.15, 0.2) is 11.5 Å². The lowest BCUT2D eigenvalue weighted by atomic mass is 10.1. The van der Waals surface area contributed by atoms with Gasteiger partial charge in [0.2, 0.25) is 5.89 Å². The topological polar surface area (TPSA) is 43.1 Å². The lowest BCUT2D eigenvalue weighted by Crippen LogP contribution is -1.86. The Balaban J connectivity index is 2.46. The van der Waals surface area contributed by atoms with Gasteiger partial charge in [-0.2, -0.15) is 0 Å². The van der Waals surface area contributed by atoms with Crippen molar-refractivity contribution in [3.63, 3.8) is 0 Å². The number of hydrogen-bond acceptors (Lipinski definition) is 3. The summed E-state index contributed by atoms with van der Waals surface area (Å²) in [6.07, 6.45) is 1.46. The first-order valence-corrected chi connectivity index (χ1v) is 4.71. The second-order valence-electron chi connectivity index (χ2n) is 3.40. The zero-order chi connectivity index (χ0) is 10.8. The highest BCUT2D eigenvalue weighted by molar-refractivity contribution is 5.91. The van der Waals surface area contributed by atoms with Gasteiger partial charge in [-0.3, -0.25) is 4.79 Å². The second-order valence-corrected chi connectivity index (χ2v) is 3.40. The number of carbonyl (C=O) groups excluding carboxylic acids is 1. The fourth-order valence-corrected chi connectivity index (χ4v) is 1.37. The van der Waals surface area contributed by atoms with E-state index in [4.69, 9.17) is 4.42 Å². The van der Waals surface area contributed by atoms with Crippen molar-refractivity contribution in [1.29, 1.82) is 0 Å². The van der Waals surface area contributed by atoms with E-state index < -0.39 is 0 Å². The average molecular weight is 201 g/mol. The maximum Gasteiger partial charge on any atom is 0.227 e. The summed E-state index contributed by atoms with van der Waals surface area (Å²) in [5.74, 6) is 0.689. The number of aromatic nitrogens is 1. The molecule has 3 nitrogen and oxygen atoms in total. The van der Waals surface area contributed by atoms with Crippen molar-refractivity contribution in [1.82, 2.24) is 4.98 Å². The normalized spacial score (nSPS) is 10.3. The number of oxazole rings is 1. The molecule has 2 aromatic rings. The summed E-state index contributed by atoms with van der Waals surface area (Å²) in [5, 5.41) is 0. The predicted octanol–water partition coefficient (Wildman–Crippen LogP) is 2.85. The third kappa shape index (κ3) is 1.81. The highest BCUT2D eigenvalue weighted by atomic mass is 16.4. The molecule has 0 unspecified atom stereocenters. The van der Waals surface area contributed by atoms with Crippen LogP contribution in [0.15, 0.2) is 34.9 Å². The van der Waals surface area contributed by atoms with Crippen LogP contribution < -0.4 is 0 Å². The summed E-state index contributed by atoms with van der Waals surface area (Å²) in [5.41, 5.74) is 2.00. The Labute approximate surface area is 87.8 Å². The molecule has 0 aliphatic carbocycles. The number of rotatable bonds is 2. The van der Waals surface area contributed by atoms with Gasteiger partial charge in [0, 0.05) is 12.5 Å². The smallest absolute Gasteiger partial charge is 0.227 e. The summed E-state index contributed by atoms with van der Waals surface area (Å²) in [6, 6.07) is 7.77. The molecule has 0 bridgehead atoms. The van der Waals surface area contributed by atoms with E-state index in [0.717, 1.165) is 11.1 Å². The summed E-state index contributed by atoms with van der Waals surface area (Å²) in [6.45, 7) is 3.44. The minimum Gasteiger partial charge on any atom is -0.433 e. The van der Waals surface area contributed by atoms with Crippen LogP contribution in [0.4, 0.5) is 0 Å². The molecule has 76 valence electrons. The third-order valence-electron chi connectivity index (χ3n) is 2.23.